The fraction of sp³-hybridized carbons (Fsp3) is 0.348. The Labute approximate surface area is 203 Å². The number of carbonyl (C=O) groups is 1. The Balaban J connectivity index is 1.76. The third-order valence-electron chi connectivity index (χ3n) is 4.20. The van der Waals surface area contributed by atoms with E-state index in [-0.39, 0.29) is 16.9 Å². The molecule has 0 N–H and O–H groups in total. The highest BCUT2D eigenvalue weighted by Crippen LogP contribution is 2.37. The number of Topliss-reactive ketones (excluding diaryl/α,β-unsaturated/α-hetero) is 1. The molecule has 0 spiro atoms. The molecule has 0 aliphatic rings. The van der Waals surface area contributed by atoms with Gasteiger partial charge in [-0.2, -0.15) is 0 Å². The number of ether oxygens (including phenoxy) is 3. The van der Waals surface area contributed by atoms with Gasteiger partial charge in [0.05, 0.1) is 23.3 Å². The van der Waals surface area contributed by atoms with Gasteiger partial charge < -0.3 is 14.2 Å². The van der Waals surface area contributed by atoms with Crippen LogP contribution in [0.2, 0.25) is 10.0 Å². The van der Waals surface area contributed by atoms with Gasteiger partial charge in [-0.1, -0.05) is 59.7 Å². The first kappa shape index (κ1) is 25.7. The molecule has 168 valence electrons. The van der Waals surface area contributed by atoms with Crippen LogP contribution in [0.5, 0.6) is 17.2 Å². The predicted molar refractivity (Wildman–Crippen MR) is 128 cm³/mol. The van der Waals surface area contributed by atoms with Crippen LogP contribution in [0.4, 0.5) is 0 Å². The van der Waals surface area contributed by atoms with E-state index in [0.717, 1.165) is 12.8 Å². The normalized spacial score (nSPS) is 10.5. The van der Waals surface area contributed by atoms with Gasteiger partial charge in [-0.05, 0) is 36.8 Å². The molecule has 2 aromatic carbocycles. The van der Waals surface area contributed by atoms with Gasteiger partial charge in [-0.25, -0.2) is 0 Å². The molecule has 2 rings (SSSR count). The van der Waals surface area contributed by atoms with Gasteiger partial charge in [-0.15, -0.1) is 0 Å². The van der Waals surface area contributed by atoms with E-state index in [0.29, 0.717) is 58.9 Å². The molecule has 0 aromatic heterocycles. The average Bonchev–Trinajstić information content (AvgIpc) is 2.73. The third-order valence-corrected chi connectivity index (χ3v) is 5.07. The fourth-order valence-corrected chi connectivity index (χ4v) is 3.30. The Bertz CT molecular complexity index is 855. The van der Waals surface area contributed by atoms with Crippen molar-refractivity contribution in [2.75, 3.05) is 19.8 Å². The first-order valence-electron chi connectivity index (χ1n) is 9.92. The average molecular weight is 506 g/mol. The van der Waals surface area contributed by atoms with E-state index in [9.17, 15) is 4.79 Å². The Morgan fingerprint density at radius 1 is 0.903 bits per heavy atom. The lowest BCUT2D eigenvalue weighted by molar-refractivity contribution is 0.0979. The molecule has 2 aromatic rings. The van der Waals surface area contributed by atoms with Crippen LogP contribution in [0.3, 0.4) is 0 Å². The predicted octanol–water partition coefficient (Wildman–Crippen LogP) is 7.91. The molecule has 0 atom stereocenters. The molecule has 0 amide bonds. The number of unbranched alkanes of at least 4 members (excludes halogenated alkanes) is 1. The zero-order valence-electron chi connectivity index (χ0n) is 17.1. The summed E-state index contributed by atoms with van der Waals surface area (Å²) in [6.45, 7) is 3.09. The largest absolute Gasteiger partial charge is 0.493 e. The lowest BCUT2D eigenvalue weighted by atomic mass is 10.1. The molecule has 0 saturated heterocycles. The van der Waals surface area contributed by atoms with Crippen molar-refractivity contribution in [2.45, 2.75) is 32.6 Å². The summed E-state index contributed by atoms with van der Waals surface area (Å²) < 4.78 is 17.0. The van der Waals surface area contributed by atoms with E-state index in [1.165, 1.54) is 6.08 Å². The maximum Gasteiger partial charge on any atom is 0.162 e. The highest BCUT2D eigenvalue weighted by Gasteiger charge is 2.11. The summed E-state index contributed by atoms with van der Waals surface area (Å²) in [6, 6.07) is 10.4. The Kier molecular flexibility index (Phi) is 11.4. The van der Waals surface area contributed by atoms with Gasteiger partial charge in [0.15, 0.2) is 11.5 Å². The van der Waals surface area contributed by atoms with Crippen molar-refractivity contribution in [3.63, 3.8) is 0 Å². The smallest absolute Gasteiger partial charge is 0.162 e. The second-order valence-electron chi connectivity index (χ2n) is 6.62. The lowest BCUT2D eigenvalue weighted by Crippen LogP contribution is -2.06. The summed E-state index contributed by atoms with van der Waals surface area (Å²) in [7, 11) is 0. The van der Waals surface area contributed by atoms with Crippen molar-refractivity contribution < 1.29 is 19.0 Å². The first-order valence-corrected chi connectivity index (χ1v) is 11.4. The number of rotatable bonds is 13. The number of benzene rings is 2. The molecule has 8 heteroatoms. The zero-order valence-corrected chi connectivity index (χ0v) is 20.2. The number of hydrogen-bond donors (Lipinski definition) is 0. The zero-order chi connectivity index (χ0) is 22.6. The van der Waals surface area contributed by atoms with E-state index in [4.69, 9.17) is 60.6 Å². The monoisotopic (exact) mass is 504 g/mol. The van der Waals surface area contributed by atoms with Crippen LogP contribution < -0.4 is 14.2 Å². The van der Waals surface area contributed by atoms with E-state index in [1.807, 2.05) is 0 Å². The Morgan fingerprint density at radius 2 is 1.55 bits per heavy atom. The minimum atomic E-state index is 0.121. The second-order valence-corrected chi connectivity index (χ2v) is 8.44. The lowest BCUT2D eigenvalue weighted by Gasteiger charge is -2.12. The van der Waals surface area contributed by atoms with Gasteiger partial charge in [0.2, 0.25) is 0 Å². The van der Waals surface area contributed by atoms with Crippen molar-refractivity contribution in [3.05, 3.63) is 62.6 Å². The minimum Gasteiger partial charge on any atom is -0.493 e. The van der Waals surface area contributed by atoms with Gasteiger partial charge in [-0.3, -0.25) is 4.79 Å². The van der Waals surface area contributed by atoms with Crippen LogP contribution in [0.1, 0.15) is 43.0 Å². The van der Waals surface area contributed by atoms with Crippen LogP contribution in [0, 0.1) is 0 Å². The highest BCUT2D eigenvalue weighted by molar-refractivity contribution is 6.55. The molecule has 0 bridgehead atoms. The molecule has 0 aliphatic heterocycles. The molecular formula is C23H24Cl4O4. The van der Waals surface area contributed by atoms with Gasteiger partial charge >= 0.3 is 0 Å². The highest BCUT2D eigenvalue weighted by atomic mass is 35.5. The third kappa shape index (κ3) is 9.20. The minimum absolute atomic E-state index is 0.121. The van der Waals surface area contributed by atoms with E-state index < -0.39 is 0 Å². The van der Waals surface area contributed by atoms with Crippen molar-refractivity contribution in [3.8, 4) is 17.2 Å². The van der Waals surface area contributed by atoms with Crippen LogP contribution >= 0.6 is 46.4 Å². The molecule has 0 saturated carbocycles. The maximum absolute atomic E-state index is 12.0. The molecule has 31 heavy (non-hydrogen) atoms. The van der Waals surface area contributed by atoms with Crippen molar-refractivity contribution >= 4 is 52.2 Å². The van der Waals surface area contributed by atoms with Crippen LogP contribution in [0.25, 0.3) is 0 Å². The fourth-order valence-electron chi connectivity index (χ4n) is 2.60. The molecule has 4 nitrogen and oxygen atoms in total. The van der Waals surface area contributed by atoms with E-state index >= 15 is 0 Å². The molecule has 0 fully saturated rings. The van der Waals surface area contributed by atoms with Gasteiger partial charge in [0.1, 0.15) is 22.6 Å². The van der Waals surface area contributed by atoms with Crippen molar-refractivity contribution in [2.24, 2.45) is 0 Å². The summed E-state index contributed by atoms with van der Waals surface area (Å²) in [5.41, 5.74) is 0.711. The summed E-state index contributed by atoms with van der Waals surface area (Å²) in [5.74, 6) is 1.73. The molecular weight excluding hydrogens is 482 g/mol. The van der Waals surface area contributed by atoms with Crippen LogP contribution in [-0.2, 0) is 0 Å². The summed E-state index contributed by atoms with van der Waals surface area (Å²) in [5, 5.41) is 0.681. The summed E-state index contributed by atoms with van der Waals surface area (Å²) >= 11 is 23.6. The standard InChI is InChI=1S/C23H24Cl4O4/c1-2-3-5-21(28)16-6-8-17(9-7-16)29-11-4-12-31-23-19(24)14-18(15-20(23)25)30-13-10-22(26)27/h6-10,14-15H,2-5,11-13H2,1H3. The van der Waals surface area contributed by atoms with Crippen LogP contribution in [-0.4, -0.2) is 25.6 Å². The number of ketones is 1. The topological polar surface area (TPSA) is 44.8 Å². The Hall–Kier alpha value is -1.59. The molecule has 0 unspecified atom stereocenters. The number of carbonyl (C=O) groups excluding carboxylic acids is 1. The second kappa shape index (κ2) is 13.7. The first-order chi connectivity index (χ1) is 14.9. The van der Waals surface area contributed by atoms with E-state index in [2.05, 4.69) is 6.92 Å². The van der Waals surface area contributed by atoms with Crippen molar-refractivity contribution in [1.82, 2.24) is 0 Å². The Morgan fingerprint density at radius 3 is 2.16 bits per heavy atom. The number of halogens is 4. The quantitative estimate of drug-likeness (QED) is 0.205. The van der Waals surface area contributed by atoms with Gasteiger partial charge in [0.25, 0.3) is 0 Å². The number of hydrogen-bond acceptors (Lipinski definition) is 4. The maximum atomic E-state index is 12.0. The molecule has 0 radical (unpaired) electrons. The summed E-state index contributed by atoms with van der Waals surface area (Å²) in [4.78, 5) is 12.0. The molecule has 0 aliphatic carbocycles. The molecule has 0 heterocycles. The van der Waals surface area contributed by atoms with E-state index in [1.54, 1.807) is 36.4 Å². The van der Waals surface area contributed by atoms with Crippen LogP contribution in [0.15, 0.2) is 47.0 Å². The van der Waals surface area contributed by atoms with Crippen molar-refractivity contribution in [1.29, 1.82) is 0 Å². The van der Waals surface area contributed by atoms with Gasteiger partial charge in [0, 0.05) is 30.5 Å². The SMILES string of the molecule is CCCCC(=O)c1ccc(OCCCOc2c(Cl)cc(OCC=C(Cl)Cl)cc2Cl)cc1. The summed E-state index contributed by atoms with van der Waals surface area (Å²) in [6.07, 6.45) is 4.62.